The molecule has 2 rings (SSSR count). The van der Waals surface area contributed by atoms with Crippen molar-refractivity contribution in [2.24, 2.45) is 0 Å². The zero-order valence-corrected chi connectivity index (χ0v) is 11.8. The molecule has 2 aromatic rings. The summed E-state index contributed by atoms with van der Waals surface area (Å²) in [6.07, 6.45) is 1.64. The van der Waals surface area contributed by atoms with Crippen molar-refractivity contribution < 1.29 is 9.59 Å². The molecule has 0 atom stereocenters. The average molecular weight is 328 g/mol. The largest absolute Gasteiger partial charge is 0.356 e. The van der Waals surface area contributed by atoms with E-state index in [0.717, 1.165) is 10.0 Å². The Labute approximate surface area is 116 Å². The van der Waals surface area contributed by atoms with Crippen molar-refractivity contribution in [1.29, 1.82) is 0 Å². The first-order chi connectivity index (χ1) is 8.58. The Morgan fingerprint density at radius 3 is 2.61 bits per heavy atom. The molecule has 0 aliphatic rings. The number of rotatable bonds is 2. The molecule has 18 heavy (non-hydrogen) atoms. The number of hydrogen-bond acceptors (Lipinski definition) is 3. The van der Waals surface area contributed by atoms with E-state index in [2.05, 4.69) is 31.8 Å². The quantitative estimate of drug-likeness (QED) is 0.740. The minimum atomic E-state index is -0.400. The molecule has 7 heteroatoms. The van der Waals surface area contributed by atoms with Crippen LogP contribution in [0.25, 0.3) is 0 Å². The lowest BCUT2D eigenvalue weighted by Crippen LogP contribution is -2.41. The summed E-state index contributed by atoms with van der Waals surface area (Å²) in [5.41, 5.74) is 5.96. The molecule has 3 N–H and O–H groups in total. The van der Waals surface area contributed by atoms with Gasteiger partial charge in [-0.25, -0.2) is 0 Å². The summed E-state index contributed by atoms with van der Waals surface area (Å²) in [5.74, 6) is -0.718. The summed E-state index contributed by atoms with van der Waals surface area (Å²) in [5, 5.41) is 1.83. The van der Waals surface area contributed by atoms with Gasteiger partial charge >= 0.3 is 0 Å². The van der Waals surface area contributed by atoms with Crippen LogP contribution in [0.4, 0.5) is 0 Å². The summed E-state index contributed by atoms with van der Waals surface area (Å²) < 4.78 is 0.771. The molecule has 0 saturated carbocycles. The first kappa shape index (κ1) is 12.8. The Kier molecular flexibility index (Phi) is 3.83. The van der Waals surface area contributed by atoms with Gasteiger partial charge in [-0.2, -0.15) is 0 Å². The van der Waals surface area contributed by atoms with Gasteiger partial charge in [0.25, 0.3) is 11.8 Å². The number of carbonyl (C=O) groups is 2. The van der Waals surface area contributed by atoms with Gasteiger partial charge in [-0.05, 0) is 45.9 Å². The zero-order valence-electron chi connectivity index (χ0n) is 9.41. The minimum absolute atomic E-state index is 0.318. The van der Waals surface area contributed by atoms with Crippen LogP contribution in [0.1, 0.15) is 25.7 Å². The maximum absolute atomic E-state index is 11.7. The second-order valence-corrected chi connectivity index (χ2v) is 5.40. The maximum atomic E-state index is 11.7. The van der Waals surface area contributed by atoms with Crippen LogP contribution in [0.2, 0.25) is 0 Å². The van der Waals surface area contributed by atoms with Crippen LogP contribution in [0, 0.1) is 6.92 Å². The first-order valence-electron chi connectivity index (χ1n) is 5.06. The molecule has 2 heterocycles. The van der Waals surface area contributed by atoms with Gasteiger partial charge in [-0.1, -0.05) is 0 Å². The van der Waals surface area contributed by atoms with E-state index in [9.17, 15) is 9.59 Å². The predicted molar refractivity (Wildman–Crippen MR) is 72.5 cm³/mol. The summed E-state index contributed by atoms with van der Waals surface area (Å²) in [7, 11) is 0. The van der Waals surface area contributed by atoms with Crippen molar-refractivity contribution in [3.05, 3.63) is 44.3 Å². The van der Waals surface area contributed by atoms with Gasteiger partial charge < -0.3 is 4.98 Å². The molecular formula is C11H10BrN3O2S. The Balaban J connectivity index is 1.94. The molecule has 0 fully saturated rings. The van der Waals surface area contributed by atoms with E-state index in [4.69, 9.17) is 0 Å². The molecule has 0 radical (unpaired) electrons. The van der Waals surface area contributed by atoms with Gasteiger partial charge in [-0.15, -0.1) is 11.3 Å². The SMILES string of the molecule is Cc1ccsc1C(=O)NNC(=O)c1cc(Br)c[nH]1. The van der Waals surface area contributed by atoms with Gasteiger partial charge in [-0.3, -0.25) is 20.4 Å². The fraction of sp³-hybridized carbons (Fsp3) is 0.0909. The highest BCUT2D eigenvalue weighted by atomic mass is 79.9. The minimum Gasteiger partial charge on any atom is -0.356 e. The molecule has 0 spiro atoms. The molecule has 94 valence electrons. The molecule has 0 unspecified atom stereocenters. The van der Waals surface area contributed by atoms with Gasteiger partial charge in [0.05, 0.1) is 4.88 Å². The van der Waals surface area contributed by atoms with E-state index < -0.39 is 5.91 Å². The number of H-pyrrole nitrogens is 1. The molecular weight excluding hydrogens is 318 g/mol. The second-order valence-electron chi connectivity index (χ2n) is 3.57. The van der Waals surface area contributed by atoms with E-state index in [1.54, 1.807) is 12.3 Å². The number of halogens is 1. The number of nitrogens with one attached hydrogen (secondary N) is 3. The van der Waals surface area contributed by atoms with Crippen LogP contribution in [0.15, 0.2) is 28.2 Å². The van der Waals surface area contributed by atoms with Crippen LogP contribution in [-0.2, 0) is 0 Å². The lowest BCUT2D eigenvalue weighted by atomic mass is 10.3. The van der Waals surface area contributed by atoms with Crippen LogP contribution in [0.5, 0.6) is 0 Å². The van der Waals surface area contributed by atoms with Crippen molar-refractivity contribution in [2.45, 2.75) is 6.92 Å². The fourth-order valence-electron chi connectivity index (χ4n) is 1.34. The van der Waals surface area contributed by atoms with E-state index in [1.165, 1.54) is 11.3 Å². The van der Waals surface area contributed by atoms with Crippen LogP contribution in [0.3, 0.4) is 0 Å². The third kappa shape index (κ3) is 2.80. The average Bonchev–Trinajstić information content (AvgIpc) is 2.94. The smallest absolute Gasteiger partial charge is 0.286 e. The van der Waals surface area contributed by atoms with Gasteiger partial charge in [0, 0.05) is 10.7 Å². The van der Waals surface area contributed by atoms with E-state index in [-0.39, 0.29) is 5.91 Å². The van der Waals surface area contributed by atoms with Gasteiger partial charge in [0.2, 0.25) is 0 Å². The van der Waals surface area contributed by atoms with Crippen LogP contribution < -0.4 is 10.9 Å². The molecule has 0 aliphatic carbocycles. The highest BCUT2D eigenvalue weighted by molar-refractivity contribution is 9.10. The van der Waals surface area contributed by atoms with Gasteiger partial charge in [0.15, 0.2) is 0 Å². The van der Waals surface area contributed by atoms with E-state index >= 15 is 0 Å². The Hall–Kier alpha value is -1.60. The van der Waals surface area contributed by atoms with Gasteiger partial charge in [0.1, 0.15) is 5.69 Å². The zero-order chi connectivity index (χ0) is 13.1. The van der Waals surface area contributed by atoms with Crippen LogP contribution in [-0.4, -0.2) is 16.8 Å². The highest BCUT2D eigenvalue weighted by Crippen LogP contribution is 2.14. The predicted octanol–water partition coefficient (Wildman–Crippen LogP) is 2.22. The van der Waals surface area contributed by atoms with Crippen LogP contribution >= 0.6 is 27.3 Å². The summed E-state index contributed by atoms with van der Waals surface area (Å²) in [6.45, 7) is 1.84. The Morgan fingerprint density at radius 2 is 2.06 bits per heavy atom. The number of carbonyl (C=O) groups excluding carboxylic acids is 2. The molecule has 0 bridgehead atoms. The van der Waals surface area contributed by atoms with Crippen molar-refractivity contribution in [1.82, 2.24) is 15.8 Å². The number of thiophene rings is 1. The first-order valence-corrected chi connectivity index (χ1v) is 6.74. The lowest BCUT2D eigenvalue weighted by Gasteiger charge is -2.05. The maximum Gasteiger partial charge on any atom is 0.286 e. The monoisotopic (exact) mass is 327 g/mol. The molecule has 2 aromatic heterocycles. The van der Waals surface area contributed by atoms with Crippen molar-refractivity contribution in [2.75, 3.05) is 0 Å². The number of aromatic nitrogens is 1. The second kappa shape index (κ2) is 5.36. The molecule has 0 saturated heterocycles. The van der Waals surface area contributed by atoms with Crippen molar-refractivity contribution in [3.63, 3.8) is 0 Å². The standard InChI is InChI=1S/C11H10BrN3O2S/c1-6-2-3-18-9(6)11(17)15-14-10(16)8-4-7(12)5-13-8/h2-5,13H,1H3,(H,14,16)(H,15,17). The molecule has 2 amide bonds. The third-order valence-electron chi connectivity index (χ3n) is 2.25. The Morgan fingerprint density at radius 1 is 1.33 bits per heavy atom. The number of aromatic amines is 1. The van der Waals surface area contributed by atoms with Crippen molar-refractivity contribution in [3.8, 4) is 0 Å². The molecule has 5 nitrogen and oxygen atoms in total. The number of amides is 2. The molecule has 0 aliphatic heterocycles. The van der Waals surface area contributed by atoms with E-state index in [1.807, 2.05) is 18.4 Å². The Bertz CT molecular complexity index is 591. The topological polar surface area (TPSA) is 74.0 Å². The summed E-state index contributed by atoms with van der Waals surface area (Å²) in [4.78, 5) is 26.7. The lowest BCUT2D eigenvalue weighted by molar-refractivity contribution is 0.0846. The molecule has 0 aromatic carbocycles. The normalized spacial score (nSPS) is 10.1. The number of aryl methyl sites for hydroxylation is 1. The summed E-state index contributed by atoms with van der Waals surface area (Å²) >= 11 is 4.56. The summed E-state index contributed by atoms with van der Waals surface area (Å²) in [6, 6.07) is 3.47. The third-order valence-corrected chi connectivity index (χ3v) is 3.72. The number of hydrogen-bond donors (Lipinski definition) is 3. The van der Waals surface area contributed by atoms with Crippen molar-refractivity contribution >= 4 is 39.1 Å². The van der Waals surface area contributed by atoms with E-state index in [0.29, 0.717) is 10.6 Å². The highest BCUT2D eigenvalue weighted by Gasteiger charge is 2.12. The fourth-order valence-corrected chi connectivity index (χ4v) is 2.51. The number of hydrazine groups is 1.